The van der Waals surface area contributed by atoms with Crippen LogP contribution in [0.5, 0.6) is 5.75 Å². The van der Waals surface area contributed by atoms with Gasteiger partial charge in [-0.3, -0.25) is 9.59 Å². The van der Waals surface area contributed by atoms with Crippen molar-refractivity contribution < 1.29 is 14.3 Å². The minimum absolute atomic E-state index is 0.00955. The SMILES string of the molecule is CCN(C(=O)c1ccccc1OCc1ccccc1)[C@@H]1CCC[C@H](NC(C)=O)C1. The highest BCUT2D eigenvalue weighted by Crippen LogP contribution is 2.27. The number of ether oxygens (including phenoxy) is 1. The van der Waals surface area contributed by atoms with Gasteiger partial charge in [-0.05, 0) is 50.3 Å². The van der Waals surface area contributed by atoms with Gasteiger partial charge in [0.15, 0.2) is 0 Å². The second kappa shape index (κ2) is 10.1. The monoisotopic (exact) mass is 394 g/mol. The topological polar surface area (TPSA) is 58.6 Å². The summed E-state index contributed by atoms with van der Waals surface area (Å²) in [6, 6.07) is 17.6. The van der Waals surface area contributed by atoms with Gasteiger partial charge < -0.3 is 15.0 Å². The summed E-state index contributed by atoms with van der Waals surface area (Å²) < 4.78 is 6.00. The first-order valence-corrected chi connectivity index (χ1v) is 10.4. The molecule has 0 aromatic heterocycles. The number of nitrogens with zero attached hydrogens (tertiary/aromatic N) is 1. The summed E-state index contributed by atoms with van der Waals surface area (Å²) in [5.74, 6) is 0.586. The molecule has 2 atom stereocenters. The van der Waals surface area contributed by atoms with Crippen LogP contribution in [0, 0.1) is 0 Å². The maximum atomic E-state index is 13.4. The van der Waals surface area contributed by atoms with Gasteiger partial charge in [0.25, 0.3) is 5.91 Å². The van der Waals surface area contributed by atoms with Gasteiger partial charge in [-0.2, -0.15) is 0 Å². The highest BCUT2D eigenvalue weighted by Gasteiger charge is 2.30. The molecular formula is C24H30N2O3. The van der Waals surface area contributed by atoms with Crippen LogP contribution in [0.1, 0.15) is 55.5 Å². The van der Waals surface area contributed by atoms with Crippen molar-refractivity contribution in [3.05, 3.63) is 65.7 Å². The summed E-state index contributed by atoms with van der Waals surface area (Å²) in [7, 11) is 0. The number of para-hydroxylation sites is 1. The van der Waals surface area contributed by atoms with Crippen molar-refractivity contribution >= 4 is 11.8 Å². The van der Waals surface area contributed by atoms with E-state index < -0.39 is 0 Å². The van der Waals surface area contributed by atoms with Crippen molar-refractivity contribution in [3.8, 4) is 5.75 Å². The highest BCUT2D eigenvalue weighted by molar-refractivity contribution is 5.97. The maximum Gasteiger partial charge on any atom is 0.257 e. The Bertz CT molecular complexity index is 822. The molecule has 2 aromatic rings. The third-order valence-electron chi connectivity index (χ3n) is 5.45. The predicted octanol–water partition coefficient (Wildman–Crippen LogP) is 4.18. The van der Waals surface area contributed by atoms with E-state index in [9.17, 15) is 9.59 Å². The number of carbonyl (C=O) groups excluding carboxylic acids is 2. The van der Waals surface area contributed by atoms with Gasteiger partial charge in [0, 0.05) is 25.6 Å². The molecule has 0 unspecified atom stereocenters. The van der Waals surface area contributed by atoms with Gasteiger partial charge in [-0.15, -0.1) is 0 Å². The van der Waals surface area contributed by atoms with Crippen LogP contribution in [0.3, 0.4) is 0 Å². The fourth-order valence-electron chi connectivity index (χ4n) is 4.09. The third kappa shape index (κ3) is 5.59. The molecule has 0 saturated heterocycles. The van der Waals surface area contributed by atoms with E-state index in [1.807, 2.05) is 66.4 Å². The molecule has 1 fully saturated rings. The summed E-state index contributed by atoms with van der Waals surface area (Å²) in [5.41, 5.74) is 1.65. The van der Waals surface area contributed by atoms with Crippen LogP contribution in [0.25, 0.3) is 0 Å². The summed E-state index contributed by atoms with van der Waals surface area (Å²) >= 11 is 0. The molecule has 0 spiro atoms. The number of benzene rings is 2. The quantitative estimate of drug-likeness (QED) is 0.767. The molecule has 0 bridgehead atoms. The van der Waals surface area contributed by atoms with Crippen molar-refractivity contribution in [1.29, 1.82) is 0 Å². The smallest absolute Gasteiger partial charge is 0.257 e. The maximum absolute atomic E-state index is 13.4. The van der Waals surface area contributed by atoms with Crippen LogP contribution in [-0.4, -0.2) is 35.3 Å². The highest BCUT2D eigenvalue weighted by atomic mass is 16.5. The average Bonchev–Trinajstić information content (AvgIpc) is 2.73. The zero-order valence-corrected chi connectivity index (χ0v) is 17.3. The van der Waals surface area contributed by atoms with Gasteiger partial charge in [0.05, 0.1) is 5.56 Å². The number of rotatable bonds is 7. The van der Waals surface area contributed by atoms with E-state index in [2.05, 4.69) is 5.32 Å². The Balaban J connectivity index is 1.73. The zero-order valence-electron chi connectivity index (χ0n) is 17.3. The van der Waals surface area contributed by atoms with Crippen molar-refractivity contribution in [2.45, 2.75) is 58.2 Å². The molecule has 3 rings (SSSR count). The van der Waals surface area contributed by atoms with Gasteiger partial charge >= 0.3 is 0 Å². The summed E-state index contributed by atoms with van der Waals surface area (Å²) in [4.78, 5) is 26.8. The van der Waals surface area contributed by atoms with E-state index in [1.54, 1.807) is 6.92 Å². The van der Waals surface area contributed by atoms with Crippen LogP contribution in [0.4, 0.5) is 0 Å². The predicted molar refractivity (Wildman–Crippen MR) is 114 cm³/mol. The lowest BCUT2D eigenvalue weighted by Gasteiger charge is -2.37. The van der Waals surface area contributed by atoms with Crippen LogP contribution < -0.4 is 10.1 Å². The first-order valence-electron chi connectivity index (χ1n) is 10.4. The number of hydrogen-bond donors (Lipinski definition) is 1. The fraction of sp³-hybridized carbons (Fsp3) is 0.417. The van der Waals surface area contributed by atoms with E-state index in [4.69, 9.17) is 4.74 Å². The molecule has 1 aliphatic carbocycles. The minimum Gasteiger partial charge on any atom is -0.488 e. The molecule has 2 amide bonds. The van der Waals surface area contributed by atoms with Crippen molar-refractivity contribution in [2.24, 2.45) is 0 Å². The van der Waals surface area contributed by atoms with Crippen molar-refractivity contribution in [3.63, 3.8) is 0 Å². The standard InChI is InChI=1S/C24H30N2O3/c1-3-26(21-13-9-12-20(16-21)25-18(2)27)24(28)22-14-7-8-15-23(22)29-17-19-10-5-4-6-11-19/h4-8,10-11,14-15,20-21H,3,9,12-13,16-17H2,1-2H3,(H,25,27)/t20-,21+/m0/s1. The Labute approximate surface area is 173 Å². The van der Waals surface area contributed by atoms with E-state index in [-0.39, 0.29) is 23.9 Å². The van der Waals surface area contributed by atoms with E-state index in [0.29, 0.717) is 24.5 Å². The Morgan fingerprint density at radius 2 is 1.79 bits per heavy atom. The molecule has 0 heterocycles. The number of nitrogens with one attached hydrogen (secondary N) is 1. The lowest BCUT2D eigenvalue weighted by atomic mass is 9.89. The van der Waals surface area contributed by atoms with E-state index in [1.165, 1.54) is 0 Å². The molecule has 2 aromatic carbocycles. The molecule has 1 saturated carbocycles. The van der Waals surface area contributed by atoms with Crippen molar-refractivity contribution in [1.82, 2.24) is 10.2 Å². The Morgan fingerprint density at radius 1 is 1.07 bits per heavy atom. The molecule has 29 heavy (non-hydrogen) atoms. The lowest BCUT2D eigenvalue weighted by Crippen LogP contribution is -2.47. The first-order chi connectivity index (χ1) is 14.1. The van der Waals surface area contributed by atoms with Crippen LogP contribution in [0.2, 0.25) is 0 Å². The second-order valence-corrected chi connectivity index (χ2v) is 7.58. The zero-order chi connectivity index (χ0) is 20.6. The summed E-state index contributed by atoms with van der Waals surface area (Å²) in [5, 5.41) is 3.02. The van der Waals surface area contributed by atoms with Gasteiger partial charge in [-0.1, -0.05) is 42.5 Å². The van der Waals surface area contributed by atoms with Crippen LogP contribution in [0.15, 0.2) is 54.6 Å². The molecular weight excluding hydrogens is 364 g/mol. The second-order valence-electron chi connectivity index (χ2n) is 7.58. The summed E-state index contributed by atoms with van der Waals surface area (Å²) in [6.45, 7) is 4.61. The normalized spacial score (nSPS) is 18.7. The molecule has 5 nitrogen and oxygen atoms in total. The summed E-state index contributed by atoms with van der Waals surface area (Å²) in [6.07, 6.45) is 3.74. The van der Waals surface area contributed by atoms with Crippen LogP contribution >= 0.6 is 0 Å². The van der Waals surface area contributed by atoms with E-state index in [0.717, 1.165) is 31.2 Å². The largest absolute Gasteiger partial charge is 0.488 e. The molecule has 0 aliphatic heterocycles. The third-order valence-corrected chi connectivity index (χ3v) is 5.45. The van der Waals surface area contributed by atoms with Gasteiger partial charge in [0.1, 0.15) is 12.4 Å². The Morgan fingerprint density at radius 3 is 2.52 bits per heavy atom. The number of amides is 2. The molecule has 0 radical (unpaired) electrons. The average molecular weight is 395 g/mol. The molecule has 154 valence electrons. The van der Waals surface area contributed by atoms with Gasteiger partial charge in [-0.25, -0.2) is 0 Å². The van der Waals surface area contributed by atoms with Gasteiger partial charge in [0.2, 0.25) is 5.91 Å². The molecule has 5 heteroatoms. The van der Waals surface area contributed by atoms with E-state index >= 15 is 0 Å². The Hall–Kier alpha value is -2.82. The first kappa shape index (κ1) is 20.9. The van der Waals surface area contributed by atoms with Crippen LogP contribution in [-0.2, 0) is 11.4 Å². The minimum atomic E-state index is -0.00960. The lowest BCUT2D eigenvalue weighted by molar-refractivity contribution is -0.119. The van der Waals surface area contributed by atoms with Crippen molar-refractivity contribution in [2.75, 3.05) is 6.54 Å². The number of hydrogen-bond acceptors (Lipinski definition) is 3. The fourth-order valence-corrected chi connectivity index (χ4v) is 4.09. The Kier molecular flexibility index (Phi) is 7.28. The molecule has 1 N–H and O–H groups in total. The molecule has 1 aliphatic rings. The number of carbonyl (C=O) groups is 2.